The summed E-state index contributed by atoms with van der Waals surface area (Å²) in [6.45, 7) is 2.27. The van der Waals surface area contributed by atoms with E-state index in [1.54, 1.807) is 0 Å². The second kappa shape index (κ2) is 6.37. The lowest BCUT2D eigenvalue weighted by atomic mass is 9.74. The van der Waals surface area contributed by atoms with E-state index in [1.165, 1.54) is 50.5 Å². The summed E-state index contributed by atoms with van der Waals surface area (Å²) in [6, 6.07) is 0. The zero-order chi connectivity index (χ0) is 12.1. The number of hydrogen-bond acceptors (Lipinski definition) is 1. The van der Waals surface area contributed by atoms with Crippen molar-refractivity contribution < 1.29 is 4.79 Å². The Kier molecular flexibility index (Phi) is 4.82. The molecule has 0 saturated heterocycles. The first-order valence-corrected chi connectivity index (χ1v) is 7.54. The van der Waals surface area contributed by atoms with Crippen molar-refractivity contribution in [1.82, 2.24) is 0 Å². The quantitative estimate of drug-likeness (QED) is 0.691. The highest BCUT2D eigenvalue weighted by Crippen LogP contribution is 2.37. The normalized spacial score (nSPS) is 30.2. The molecule has 0 radical (unpaired) electrons. The van der Waals surface area contributed by atoms with E-state index in [0.717, 1.165) is 25.2 Å². The van der Waals surface area contributed by atoms with Crippen LogP contribution in [0.1, 0.15) is 71.1 Å². The van der Waals surface area contributed by atoms with Gasteiger partial charge in [-0.25, -0.2) is 0 Å². The Balaban J connectivity index is 1.82. The summed E-state index contributed by atoms with van der Waals surface area (Å²) in [6.07, 6.45) is 14.6. The lowest BCUT2D eigenvalue weighted by Gasteiger charge is -2.30. The maximum Gasteiger partial charge on any atom is 0.158 e. The van der Waals surface area contributed by atoms with Crippen LogP contribution in [0.15, 0.2) is 11.6 Å². The molecule has 2 aliphatic rings. The number of carbonyl (C=O) groups excluding carboxylic acids is 1. The van der Waals surface area contributed by atoms with Gasteiger partial charge in [-0.1, -0.05) is 32.3 Å². The lowest BCUT2D eigenvalue weighted by Crippen LogP contribution is -2.21. The van der Waals surface area contributed by atoms with Crippen LogP contribution in [0.25, 0.3) is 0 Å². The van der Waals surface area contributed by atoms with E-state index in [0.29, 0.717) is 11.7 Å². The zero-order valence-electron chi connectivity index (χ0n) is 11.2. The molecular weight excluding hydrogens is 208 g/mol. The van der Waals surface area contributed by atoms with Gasteiger partial charge in [-0.15, -0.1) is 0 Å². The lowest BCUT2D eigenvalue weighted by molar-refractivity contribution is -0.116. The Morgan fingerprint density at radius 3 is 2.65 bits per heavy atom. The molecule has 1 fully saturated rings. The van der Waals surface area contributed by atoms with Gasteiger partial charge in [0.1, 0.15) is 0 Å². The SMILES string of the molecule is CCCCC1CCC(C2=CCCCC2=O)CC1. The third-order valence-electron chi connectivity index (χ3n) is 4.55. The number of Topliss-reactive ketones (excluding diaryl/α,β-unsaturated/α-hetero) is 1. The molecule has 0 aromatic carbocycles. The van der Waals surface area contributed by atoms with Gasteiger partial charge in [0.05, 0.1) is 0 Å². The highest BCUT2D eigenvalue weighted by molar-refractivity contribution is 5.96. The first kappa shape index (κ1) is 12.9. The van der Waals surface area contributed by atoms with E-state index in [1.807, 2.05) is 0 Å². The van der Waals surface area contributed by atoms with Crippen LogP contribution in [0.5, 0.6) is 0 Å². The summed E-state index contributed by atoms with van der Waals surface area (Å²) in [7, 11) is 0. The molecule has 0 unspecified atom stereocenters. The smallest absolute Gasteiger partial charge is 0.158 e. The molecule has 1 saturated carbocycles. The van der Waals surface area contributed by atoms with E-state index < -0.39 is 0 Å². The topological polar surface area (TPSA) is 17.1 Å². The van der Waals surface area contributed by atoms with Crippen molar-refractivity contribution in [3.63, 3.8) is 0 Å². The highest BCUT2D eigenvalue weighted by atomic mass is 16.1. The first-order valence-electron chi connectivity index (χ1n) is 7.54. The Bertz CT molecular complexity index is 282. The molecule has 0 aromatic rings. The summed E-state index contributed by atoms with van der Waals surface area (Å²) in [5.74, 6) is 2.01. The fraction of sp³-hybridized carbons (Fsp3) is 0.812. The van der Waals surface area contributed by atoms with E-state index in [2.05, 4.69) is 13.0 Å². The molecule has 2 rings (SSSR count). The summed E-state index contributed by atoms with van der Waals surface area (Å²) in [5.41, 5.74) is 1.20. The summed E-state index contributed by atoms with van der Waals surface area (Å²) in [5, 5.41) is 0. The average molecular weight is 234 g/mol. The van der Waals surface area contributed by atoms with Crippen molar-refractivity contribution >= 4 is 5.78 Å². The van der Waals surface area contributed by atoms with Crippen LogP contribution in [0.4, 0.5) is 0 Å². The molecule has 0 spiro atoms. The van der Waals surface area contributed by atoms with E-state index in [-0.39, 0.29) is 0 Å². The predicted molar refractivity (Wildman–Crippen MR) is 71.9 cm³/mol. The number of hydrogen-bond donors (Lipinski definition) is 0. The molecule has 0 bridgehead atoms. The third-order valence-corrected chi connectivity index (χ3v) is 4.55. The van der Waals surface area contributed by atoms with Gasteiger partial charge in [0, 0.05) is 6.42 Å². The van der Waals surface area contributed by atoms with Crippen LogP contribution in [0, 0.1) is 11.8 Å². The van der Waals surface area contributed by atoms with Crippen LogP contribution in [0.2, 0.25) is 0 Å². The van der Waals surface area contributed by atoms with Crippen LogP contribution >= 0.6 is 0 Å². The minimum atomic E-state index is 0.452. The van der Waals surface area contributed by atoms with E-state index >= 15 is 0 Å². The molecule has 1 heteroatoms. The van der Waals surface area contributed by atoms with Gasteiger partial charge in [-0.2, -0.15) is 0 Å². The minimum Gasteiger partial charge on any atom is -0.295 e. The minimum absolute atomic E-state index is 0.452. The van der Waals surface area contributed by atoms with Crippen molar-refractivity contribution in [1.29, 1.82) is 0 Å². The molecular formula is C16H26O. The van der Waals surface area contributed by atoms with Crippen molar-refractivity contribution in [2.75, 3.05) is 0 Å². The van der Waals surface area contributed by atoms with Crippen molar-refractivity contribution in [2.24, 2.45) is 11.8 Å². The third kappa shape index (κ3) is 3.43. The standard InChI is InChI=1S/C16H26O/c1-2-3-6-13-9-11-14(12-10-13)15-7-4-5-8-16(15)17/h7,13-14H,2-6,8-12H2,1H3. The summed E-state index contributed by atoms with van der Waals surface area (Å²) >= 11 is 0. The van der Waals surface area contributed by atoms with Gasteiger partial charge in [-0.05, 0) is 55.9 Å². The second-order valence-corrected chi connectivity index (χ2v) is 5.83. The summed E-state index contributed by atoms with van der Waals surface area (Å²) in [4.78, 5) is 11.9. The Labute approximate surface area is 106 Å². The molecule has 2 aliphatic carbocycles. The number of allylic oxidation sites excluding steroid dienone is 2. The van der Waals surface area contributed by atoms with Gasteiger partial charge in [0.25, 0.3) is 0 Å². The van der Waals surface area contributed by atoms with Crippen molar-refractivity contribution in [3.05, 3.63) is 11.6 Å². The van der Waals surface area contributed by atoms with E-state index in [4.69, 9.17) is 0 Å². The summed E-state index contributed by atoms with van der Waals surface area (Å²) < 4.78 is 0. The Hall–Kier alpha value is -0.590. The number of unbranched alkanes of at least 4 members (excludes halogenated alkanes) is 1. The number of rotatable bonds is 4. The van der Waals surface area contributed by atoms with Crippen LogP contribution < -0.4 is 0 Å². The fourth-order valence-electron chi connectivity index (χ4n) is 3.43. The maximum absolute atomic E-state index is 11.9. The molecule has 0 amide bonds. The zero-order valence-corrected chi connectivity index (χ0v) is 11.2. The monoisotopic (exact) mass is 234 g/mol. The van der Waals surface area contributed by atoms with Crippen molar-refractivity contribution in [2.45, 2.75) is 71.1 Å². The van der Waals surface area contributed by atoms with Gasteiger partial charge >= 0.3 is 0 Å². The van der Waals surface area contributed by atoms with Gasteiger partial charge in [0.2, 0.25) is 0 Å². The molecule has 0 atom stereocenters. The van der Waals surface area contributed by atoms with Crippen molar-refractivity contribution in [3.8, 4) is 0 Å². The van der Waals surface area contributed by atoms with Crippen LogP contribution in [-0.2, 0) is 4.79 Å². The Morgan fingerprint density at radius 2 is 2.00 bits per heavy atom. The highest BCUT2D eigenvalue weighted by Gasteiger charge is 2.27. The van der Waals surface area contributed by atoms with Gasteiger partial charge < -0.3 is 0 Å². The first-order chi connectivity index (χ1) is 8.31. The number of ketones is 1. The van der Waals surface area contributed by atoms with Gasteiger partial charge in [0.15, 0.2) is 5.78 Å². The maximum atomic E-state index is 11.9. The molecule has 17 heavy (non-hydrogen) atoms. The molecule has 0 heterocycles. The molecule has 0 N–H and O–H groups in total. The van der Waals surface area contributed by atoms with Crippen LogP contribution in [0.3, 0.4) is 0 Å². The fourth-order valence-corrected chi connectivity index (χ4v) is 3.43. The second-order valence-electron chi connectivity index (χ2n) is 5.83. The average Bonchev–Trinajstić information content (AvgIpc) is 2.38. The molecule has 0 aromatic heterocycles. The van der Waals surface area contributed by atoms with Crippen LogP contribution in [-0.4, -0.2) is 5.78 Å². The predicted octanol–water partition coefficient (Wildman–Crippen LogP) is 4.66. The molecule has 96 valence electrons. The van der Waals surface area contributed by atoms with Gasteiger partial charge in [-0.3, -0.25) is 4.79 Å². The molecule has 1 nitrogen and oxygen atoms in total. The molecule has 0 aliphatic heterocycles. The van der Waals surface area contributed by atoms with E-state index in [9.17, 15) is 4.79 Å². The largest absolute Gasteiger partial charge is 0.295 e. The Morgan fingerprint density at radius 1 is 1.24 bits per heavy atom. The number of carbonyl (C=O) groups is 1.